The Labute approximate surface area is 196 Å². The summed E-state index contributed by atoms with van der Waals surface area (Å²) in [6.45, 7) is 13.4. The van der Waals surface area contributed by atoms with Crippen molar-refractivity contribution in [1.29, 1.82) is 0 Å². The molecule has 0 aliphatic heterocycles. The van der Waals surface area contributed by atoms with Gasteiger partial charge in [-0.05, 0) is 52.8 Å². The molecule has 2 aromatic heterocycles. The minimum atomic E-state index is -0.209. The second-order valence-electron chi connectivity index (χ2n) is 10.6. The summed E-state index contributed by atoms with van der Waals surface area (Å²) in [6.07, 6.45) is 1.80. The number of ether oxygens (including phenoxy) is 1. The maximum absolute atomic E-state index is 11.1. The first-order valence-electron chi connectivity index (χ1n) is 11.3. The third kappa shape index (κ3) is 4.45. The van der Waals surface area contributed by atoms with Gasteiger partial charge >= 0.3 is 0 Å². The highest BCUT2D eigenvalue weighted by molar-refractivity contribution is 5.91. The molecule has 0 amide bonds. The first-order chi connectivity index (χ1) is 15.5. The van der Waals surface area contributed by atoms with Crippen LogP contribution in [0.5, 0.6) is 11.5 Å². The first-order valence-corrected chi connectivity index (χ1v) is 11.3. The molecular weight excluding hydrogens is 410 g/mol. The molecule has 4 rings (SSSR count). The second kappa shape index (κ2) is 8.22. The van der Waals surface area contributed by atoms with Gasteiger partial charge in [0, 0.05) is 28.3 Å². The zero-order chi connectivity index (χ0) is 24.0. The van der Waals surface area contributed by atoms with Crippen molar-refractivity contribution >= 4 is 11.0 Å². The fourth-order valence-electron chi connectivity index (χ4n) is 4.15. The number of phenolic OH excluding ortho intramolecular Hbond substituents is 1. The molecule has 0 atom stereocenters. The van der Waals surface area contributed by atoms with Crippen LogP contribution in [0.25, 0.3) is 22.3 Å². The average Bonchev–Trinajstić information content (AvgIpc) is 3.11. The average molecular weight is 444 g/mol. The smallest absolute Gasteiger partial charge is 0.158 e. The van der Waals surface area contributed by atoms with E-state index in [1.54, 1.807) is 13.3 Å². The number of aromatic nitrogens is 3. The van der Waals surface area contributed by atoms with Crippen LogP contribution in [0.15, 0.2) is 54.7 Å². The number of pyridine rings is 1. The Morgan fingerprint density at radius 1 is 0.909 bits per heavy atom. The van der Waals surface area contributed by atoms with Gasteiger partial charge in [-0.1, -0.05) is 53.7 Å². The summed E-state index contributed by atoms with van der Waals surface area (Å²) in [5.74, 6) is 1.20. The number of rotatable bonds is 4. The van der Waals surface area contributed by atoms with Crippen LogP contribution in [0.4, 0.5) is 0 Å². The van der Waals surface area contributed by atoms with Crippen LogP contribution in [0.1, 0.15) is 58.2 Å². The number of hydrogen-bond donors (Lipinski definition) is 1. The van der Waals surface area contributed by atoms with E-state index in [-0.39, 0.29) is 10.8 Å². The molecule has 5 heteroatoms. The van der Waals surface area contributed by atoms with Crippen molar-refractivity contribution < 1.29 is 9.84 Å². The Morgan fingerprint density at radius 2 is 1.52 bits per heavy atom. The first kappa shape index (κ1) is 22.8. The van der Waals surface area contributed by atoms with Crippen molar-refractivity contribution in [3.8, 4) is 22.8 Å². The fraction of sp³-hybridized carbons (Fsp3) is 0.357. The molecule has 0 saturated heterocycles. The van der Waals surface area contributed by atoms with Gasteiger partial charge in [-0.15, -0.1) is 0 Å². The molecule has 33 heavy (non-hydrogen) atoms. The van der Waals surface area contributed by atoms with Crippen molar-refractivity contribution in [2.45, 2.75) is 58.9 Å². The number of fused-ring (bicyclic) bond motifs is 1. The zero-order valence-electron chi connectivity index (χ0n) is 20.6. The summed E-state index contributed by atoms with van der Waals surface area (Å²) in [5.41, 5.74) is 5.26. The molecule has 172 valence electrons. The van der Waals surface area contributed by atoms with E-state index in [4.69, 9.17) is 9.84 Å². The van der Waals surface area contributed by atoms with Gasteiger partial charge in [0.2, 0.25) is 0 Å². The van der Waals surface area contributed by atoms with Gasteiger partial charge in [0.05, 0.1) is 13.7 Å². The topological polar surface area (TPSA) is 60.2 Å². The van der Waals surface area contributed by atoms with E-state index in [0.29, 0.717) is 12.3 Å². The molecule has 2 heterocycles. The minimum absolute atomic E-state index is 0.209. The number of benzene rings is 2. The Bertz CT molecular complexity index is 1250. The van der Waals surface area contributed by atoms with E-state index in [1.807, 2.05) is 35.0 Å². The van der Waals surface area contributed by atoms with Crippen LogP contribution in [0.2, 0.25) is 0 Å². The number of aromatic hydroxyl groups is 1. The van der Waals surface area contributed by atoms with Crippen LogP contribution in [0.3, 0.4) is 0 Å². The predicted molar refractivity (Wildman–Crippen MR) is 134 cm³/mol. The standard InChI is InChI=1S/C28H33N3O2/c1-27(2,3)22-15-19(16-23(25(22)32)28(4,5)6)24-21-9-8-14-29-26(21)31(30-24)17-18-10-12-20(33-7)13-11-18/h8-16,32H,17H2,1-7H3. The van der Waals surface area contributed by atoms with Crippen LogP contribution in [0, 0.1) is 0 Å². The summed E-state index contributed by atoms with van der Waals surface area (Å²) in [5, 5.41) is 17.2. The molecular formula is C28H33N3O2. The van der Waals surface area contributed by atoms with Crippen molar-refractivity contribution in [2.75, 3.05) is 7.11 Å². The summed E-state index contributed by atoms with van der Waals surface area (Å²) in [7, 11) is 1.67. The molecule has 0 aliphatic rings. The summed E-state index contributed by atoms with van der Waals surface area (Å²) >= 11 is 0. The molecule has 0 bridgehead atoms. The molecule has 1 N–H and O–H groups in total. The second-order valence-corrected chi connectivity index (χ2v) is 10.6. The van der Waals surface area contributed by atoms with Gasteiger partial charge in [-0.3, -0.25) is 0 Å². The minimum Gasteiger partial charge on any atom is -0.507 e. The van der Waals surface area contributed by atoms with Crippen molar-refractivity contribution in [1.82, 2.24) is 14.8 Å². The van der Waals surface area contributed by atoms with E-state index in [1.165, 1.54) is 0 Å². The number of methoxy groups -OCH3 is 1. The maximum Gasteiger partial charge on any atom is 0.158 e. The molecule has 0 saturated carbocycles. The number of hydrogen-bond acceptors (Lipinski definition) is 4. The van der Waals surface area contributed by atoms with Gasteiger partial charge in [-0.2, -0.15) is 5.10 Å². The molecule has 0 aliphatic carbocycles. The Kier molecular flexibility index (Phi) is 5.69. The Balaban J connectivity index is 1.90. The van der Waals surface area contributed by atoms with Crippen molar-refractivity contribution in [3.63, 3.8) is 0 Å². The van der Waals surface area contributed by atoms with Gasteiger partial charge < -0.3 is 9.84 Å². The van der Waals surface area contributed by atoms with Crippen LogP contribution in [-0.2, 0) is 17.4 Å². The van der Waals surface area contributed by atoms with Gasteiger partial charge in [0.1, 0.15) is 17.2 Å². The van der Waals surface area contributed by atoms with E-state index in [2.05, 4.69) is 64.7 Å². The largest absolute Gasteiger partial charge is 0.507 e. The quantitative estimate of drug-likeness (QED) is 0.393. The summed E-state index contributed by atoms with van der Waals surface area (Å²) in [6, 6.07) is 16.2. The maximum atomic E-state index is 11.1. The lowest BCUT2D eigenvalue weighted by Gasteiger charge is -2.28. The predicted octanol–water partition coefficient (Wildman–Crippen LogP) is 6.46. The van der Waals surface area contributed by atoms with Crippen LogP contribution >= 0.6 is 0 Å². The molecule has 4 aromatic rings. The van der Waals surface area contributed by atoms with E-state index < -0.39 is 0 Å². The SMILES string of the molecule is COc1ccc(Cn2nc(-c3cc(C(C)(C)C)c(O)c(C(C)(C)C)c3)c3cccnc32)cc1. The lowest BCUT2D eigenvalue weighted by Crippen LogP contribution is -2.17. The molecule has 2 aromatic carbocycles. The lowest BCUT2D eigenvalue weighted by molar-refractivity contribution is 0.414. The molecule has 5 nitrogen and oxygen atoms in total. The molecule has 0 fully saturated rings. The van der Waals surface area contributed by atoms with Gasteiger partial charge in [-0.25, -0.2) is 9.67 Å². The molecule has 0 radical (unpaired) electrons. The third-order valence-electron chi connectivity index (χ3n) is 6.00. The third-order valence-corrected chi connectivity index (χ3v) is 6.00. The Morgan fingerprint density at radius 3 is 2.06 bits per heavy atom. The summed E-state index contributed by atoms with van der Waals surface area (Å²) < 4.78 is 7.23. The molecule has 0 spiro atoms. The monoisotopic (exact) mass is 443 g/mol. The summed E-state index contributed by atoms with van der Waals surface area (Å²) in [4.78, 5) is 4.64. The Hall–Kier alpha value is -3.34. The number of nitrogens with zero attached hydrogens (tertiary/aromatic N) is 3. The highest BCUT2D eigenvalue weighted by atomic mass is 16.5. The highest BCUT2D eigenvalue weighted by Crippen LogP contribution is 2.42. The zero-order valence-corrected chi connectivity index (χ0v) is 20.6. The van der Waals surface area contributed by atoms with Gasteiger partial charge in [0.15, 0.2) is 5.65 Å². The molecule has 0 unspecified atom stereocenters. The number of phenols is 1. The lowest BCUT2D eigenvalue weighted by atomic mass is 9.78. The van der Waals surface area contributed by atoms with Crippen molar-refractivity contribution in [3.05, 3.63) is 71.4 Å². The highest BCUT2D eigenvalue weighted by Gasteiger charge is 2.28. The fourth-order valence-corrected chi connectivity index (χ4v) is 4.15. The van der Waals surface area contributed by atoms with Crippen molar-refractivity contribution in [2.24, 2.45) is 0 Å². The van der Waals surface area contributed by atoms with E-state index >= 15 is 0 Å². The van der Waals surface area contributed by atoms with Crippen LogP contribution in [-0.4, -0.2) is 27.0 Å². The van der Waals surface area contributed by atoms with E-state index in [0.717, 1.165) is 44.7 Å². The normalized spacial score (nSPS) is 12.3. The van der Waals surface area contributed by atoms with Gasteiger partial charge in [0.25, 0.3) is 0 Å². The van der Waals surface area contributed by atoms with E-state index in [9.17, 15) is 5.11 Å². The van der Waals surface area contributed by atoms with Crippen LogP contribution < -0.4 is 4.74 Å².